The van der Waals surface area contributed by atoms with E-state index in [-0.39, 0.29) is 0 Å². The molecular formula is C28H50O2. The van der Waals surface area contributed by atoms with Crippen LogP contribution in [0.2, 0.25) is 0 Å². The third-order valence-corrected chi connectivity index (χ3v) is 7.47. The van der Waals surface area contributed by atoms with E-state index in [1.54, 1.807) is 0 Å². The first kappa shape index (κ1) is 27.1. The summed E-state index contributed by atoms with van der Waals surface area (Å²) in [6.07, 6.45) is 9.51. The Balaban J connectivity index is 0.000000225. The van der Waals surface area contributed by atoms with Gasteiger partial charge in [-0.2, -0.15) is 0 Å². The van der Waals surface area contributed by atoms with Gasteiger partial charge in [0.05, 0.1) is 0 Å². The van der Waals surface area contributed by atoms with E-state index in [2.05, 4.69) is 68.9 Å². The molecule has 0 aromatic rings. The van der Waals surface area contributed by atoms with Crippen LogP contribution >= 0.6 is 0 Å². The standard InChI is InChI=1S/C10H18.2C9H16O/c1-8-6-5-7-9(8)10(2,3)4;2*1-9(2,3)7-4-5-8(10)6-7/h9H,1,5-7H2,2-4H3;2*7H,4-6H2,1-3H3. The molecule has 0 saturated heterocycles. The van der Waals surface area contributed by atoms with Crippen LogP contribution in [0.15, 0.2) is 12.2 Å². The average Bonchev–Trinajstić information content (AvgIpc) is 3.27. The van der Waals surface area contributed by atoms with Crippen molar-refractivity contribution in [3.63, 3.8) is 0 Å². The number of hydrogen-bond acceptors (Lipinski definition) is 2. The Morgan fingerprint density at radius 3 is 1.17 bits per heavy atom. The molecule has 0 aromatic heterocycles. The quantitative estimate of drug-likeness (QED) is 0.371. The van der Waals surface area contributed by atoms with Gasteiger partial charge in [-0.05, 0) is 66.1 Å². The molecule has 0 radical (unpaired) electrons. The van der Waals surface area contributed by atoms with Crippen molar-refractivity contribution in [2.45, 2.75) is 120 Å². The molecule has 0 amide bonds. The molecule has 3 aliphatic carbocycles. The largest absolute Gasteiger partial charge is 0.300 e. The van der Waals surface area contributed by atoms with Crippen LogP contribution in [0.25, 0.3) is 0 Å². The summed E-state index contributed by atoms with van der Waals surface area (Å²) in [5.74, 6) is 2.98. The molecule has 0 aromatic carbocycles. The third kappa shape index (κ3) is 9.06. The molecule has 0 heterocycles. The molecule has 3 atom stereocenters. The van der Waals surface area contributed by atoms with Crippen molar-refractivity contribution in [1.29, 1.82) is 0 Å². The van der Waals surface area contributed by atoms with E-state index >= 15 is 0 Å². The first-order valence-electron chi connectivity index (χ1n) is 12.2. The molecule has 0 spiro atoms. The Kier molecular flexibility index (Phi) is 9.58. The Morgan fingerprint density at radius 2 is 1.03 bits per heavy atom. The molecule has 2 nitrogen and oxygen atoms in total. The maximum Gasteiger partial charge on any atom is 0.133 e. The van der Waals surface area contributed by atoms with Crippen molar-refractivity contribution in [3.8, 4) is 0 Å². The maximum atomic E-state index is 10.9. The second kappa shape index (κ2) is 10.6. The van der Waals surface area contributed by atoms with Crippen molar-refractivity contribution in [2.24, 2.45) is 34.0 Å². The zero-order valence-electron chi connectivity index (χ0n) is 21.6. The lowest BCUT2D eigenvalue weighted by Crippen LogP contribution is -2.18. The van der Waals surface area contributed by atoms with Gasteiger partial charge in [0.15, 0.2) is 0 Å². The average molecular weight is 419 g/mol. The van der Waals surface area contributed by atoms with Crippen LogP contribution in [-0.4, -0.2) is 11.6 Å². The van der Waals surface area contributed by atoms with Gasteiger partial charge in [-0.1, -0.05) is 74.5 Å². The fourth-order valence-corrected chi connectivity index (χ4v) is 5.06. The highest BCUT2D eigenvalue weighted by Crippen LogP contribution is 2.42. The zero-order chi connectivity index (χ0) is 23.3. The van der Waals surface area contributed by atoms with Gasteiger partial charge in [0.1, 0.15) is 11.6 Å². The topological polar surface area (TPSA) is 34.1 Å². The molecule has 3 unspecified atom stereocenters. The predicted molar refractivity (Wildman–Crippen MR) is 130 cm³/mol. The van der Waals surface area contributed by atoms with Crippen LogP contribution in [0.3, 0.4) is 0 Å². The Hall–Kier alpha value is -0.920. The monoisotopic (exact) mass is 418 g/mol. The summed E-state index contributed by atoms with van der Waals surface area (Å²) in [6, 6.07) is 0. The van der Waals surface area contributed by atoms with E-state index in [9.17, 15) is 9.59 Å². The summed E-state index contributed by atoms with van der Waals surface area (Å²) in [4.78, 5) is 21.8. The zero-order valence-corrected chi connectivity index (χ0v) is 21.6. The summed E-state index contributed by atoms with van der Waals surface area (Å²) in [5, 5.41) is 0. The molecule has 0 aliphatic heterocycles. The van der Waals surface area contributed by atoms with Crippen molar-refractivity contribution in [3.05, 3.63) is 12.2 Å². The fourth-order valence-electron chi connectivity index (χ4n) is 5.06. The van der Waals surface area contributed by atoms with Crippen molar-refractivity contribution in [2.75, 3.05) is 0 Å². The van der Waals surface area contributed by atoms with Gasteiger partial charge in [-0.15, -0.1) is 0 Å². The molecule has 3 rings (SSSR count). The van der Waals surface area contributed by atoms with E-state index in [1.807, 2.05) is 0 Å². The van der Waals surface area contributed by atoms with Gasteiger partial charge < -0.3 is 0 Å². The fraction of sp³-hybridized carbons (Fsp3) is 0.857. The molecule has 174 valence electrons. The SMILES string of the molecule is C=C1CCCC1C(C)(C)C.CC(C)(C)C1CCC(=O)C1.CC(C)(C)C1CCC(=O)C1. The Labute approximate surface area is 187 Å². The lowest BCUT2D eigenvalue weighted by molar-refractivity contribution is -0.118. The molecular weight excluding hydrogens is 368 g/mol. The molecule has 0 N–H and O–H groups in total. The van der Waals surface area contributed by atoms with Crippen molar-refractivity contribution >= 4 is 11.6 Å². The van der Waals surface area contributed by atoms with Gasteiger partial charge in [0, 0.05) is 25.7 Å². The van der Waals surface area contributed by atoms with E-state index in [0.717, 1.165) is 44.4 Å². The number of rotatable bonds is 0. The van der Waals surface area contributed by atoms with Gasteiger partial charge in [-0.3, -0.25) is 9.59 Å². The second-order valence-corrected chi connectivity index (χ2v) is 13.2. The molecule has 3 fully saturated rings. The van der Waals surface area contributed by atoms with Gasteiger partial charge in [0.2, 0.25) is 0 Å². The minimum Gasteiger partial charge on any atom is -0.300 e. The lowest BCUT2D eigenvalue weighted by atomic mass is 9.78. The summed E-state index contributed by atoms with van der Waals surface area (Å²) >= 11 is 0. The van der Waals surface area contributed by atoms with E-state index in [1.165, 1.54) is 24.8 Å². The van der Waals surface area contributed by atoms with E-state index in [0.29, 0.717) is 39.6 Å². The maximum absolute atomic E-state index is 10.9. The lowest BCUT2D eigenvalue weighted by Gasteiger charge is -2.27. The summed E-state index contributed by atoms with van der Waals surface area (Å²) in [5.41, 5.74) is 2.61. The van der Waals surface area contributed by atoms with Crippen molar-refractivity contribution in [1.82, 2.24) is 0 Å². The van der Waals surface area contributed by atoms with Gasteiger partial charge in [-0.25, -0.2) is 0 Å². The Bertz CT molecular complexity index is 556. The summed E-state index contributed by atoms with van der Waals surface area (Å²) in [6.45, 7) is 24.4. The number of carbonyl (C=O) groups excluding carboxylic acids is 2. The Morgan fingerprint density at radius 1 is 0.633 bits per heavy atom. The van der Waals surface area contributed by atoms with Crippen LogP contribution in [-0.2, 0) is 9.59 Å². The highest BCUT2D eigenvalue weighted by molar-refractivity contribution is 5.81. The minimum absolute atomic E-state index is 0.339. The second-order valence-electron chi connectivity index (χ2n) is 13.2. The predicted octanol–water partition coefficient (Wildman–Crippen LogP) is 8.19. The van der Waals surface area contributed by atoms with Crippen LogP contribution in [0, 0.1) is 34.0 Å². The van der Waals surface area contributed by atoms with Crippen LogP contribution in [0.1, 0.15) is 120 Å². The highest BCUT2D eigenvalue weighted by atomic mass is 16.1. The summed E-state index contributed by atoms with van der Waals surface area (Å²) < 4.78 is 0. The minimum atomic E-state index is 0.339. The number of carbonyl (C=O) groups is 2. The van der Waals surface area contributed by atoms with E-state index in [4.69, 9.17) is 0 Å². The van der Waals surface area contributed by atoms with Crippen LogP contribution in [0.4, 0.5) is 0 Å². The van der Waals surface area contributed by atoms with Gasteiger partial charge in [0.25, 0.3) is 0 Å². The van der Waals surface area contributed by atoms with E-state index < -0.39 is 0 Å². The third-order valence-electron chi connectivity index (χ3n) is 7.47. The first-order chi connectivity index (χ1) is 13.5. The first-order valence-corrected chi connectivity index (χ1v) is 12.2. The number of Topliss-reactive ketones (excluding diaryl/α,β-unsaturated/α-hetero) is 2. The van der Waals surface area contributed by atoms with Crippen LogP contribution < -0.4 is 0 Å². The molecule has 30 heavy (non-hydrogen) atoms. The van der Waals surface area contributed by atoms with Crippen LogP contribution in [0.5, 0.6) is 0 Å². The highest BCUT2D eigenvalue weighted by Gasteiger charge is 2.32. The summed E-state index contributed by atoms with van der Waals surface area (Å²) in [7, 11) is 0. The van der Waals surface area contributed by atoms with Crippen molar-refractivity contribution < 1.29 is 9.59 Å². The molecule has 3 aliphatic rings. The number of hydrogen-bond donors (Lipinski definition) is 0. The normalized spacial score (nSPS) is 27.5. The molecule has 0 bridgehead atoms. The molecule has 2 heteroatoms. The number of ketones is 2. The molecule has 3 saturated carbocycles. The number of allylic oxidation sites excluding steroid dienone is 1. The van der Waals surface area contributed by atoms with Gasteiger partial charge >= 0.3 is 0 Å². The smallest absolute Gasteiger partial charge is 0.133 e.